The number of hydrogen-bond donors (Lipinski definition) is 1. The van der Waals surface area contributed by atoms with E-state index in [0.717, 1.165) is 55.9 Å². The fourth-order valence-electron chi connectivity index (χ4n) is 7.83. The van der Waals surface area contributed by atoms with Gasteiger partial charge in [0.05, 0.1) is 24.4 Å². The van der Waals surface area contributed by atoms with Gasteiger partial charge in [0.25, 0.3) is 0 Å². The van der Waals surface area contributed by atoms with Gasteiger partial charge in [-0.2, -0.15) is 0 Å². The monoisotopic (exact) mass is 490 g/mol. The van der Waals surface area contributed by atoms with Gasteiger partial charge < -0.3 is 14.6 Å². The van der Waals surface area contributed by atoms with E-state index in [1.165, 1.54) is 20.0 Å². The van der Waals surface area contributed by atoms with Gasteiger partial charge in [-0.25, -0.2) is 0 Å². The molecule has 4 nitrogen and oxygen atoms in total. The molecule has 4 aliphatic carbocycles. The highest BCUT2D eigenvalue weighted by atomic mass is 35.5. The van der Waals surface area contributed by atoms with Gasteiger partial charge >= 0.3 is 5.97 Å². The van der Waals surface area contributed by atoms with Crippen LogP contribution in [0.25, 0.3) is 0 Å². The van der Waals surface area contributed by atoms with Crippen molar-refractivity contribution in [2.24, 2.45) is 41.4 Å². The second kappa shape index (κ2) is 10.0. The average molecular weight is 491 g/mol. The van der Waals surface area contributed by atoms with Crippen molar-refractivity contribution in [3.63, 3.8) is 0 Å². The Balaban J connectivity index is 1.46. The molecule has 1 N–H and O–H groups in total. The van der Waals surface area contributed by atoms with Crippen molar-refractivity contribution >= 4 is 17.6 Å². The molecular formula is C29H43ClO4. The fraction of sp³-hybridized carbons (Fsp3) is 0.759. The number of aliphatic hydroxyl groups excluding tert-OH is 1. The predicted octanol–water partition coefficient (Wildman–Crippen LogP) is 7.00. The quantitative estimate of drug-likeness (QED) is 0.247. The van der Waals surface area contributed by atoms with E-state index in [2.05, 4.69) is 39.0 Å². The Labute approximate surface area is 210 Å². The number of allylic oxidation sites excluding steroid dienone is 4. The van der Waals surface area contributed by atoms with Gasteiger partial charge in [-0.05, 0) is 81.6 Å². The third-order valence-corrected chi connectivity index (χ3v) is 9.77. The third kappa shape index (κ3) is 5.14. The van der Waals surface area contributed by atoms with Gasteiger partial charge in [-0.1, -0.05) is 38.2 Å². The second-order valence-corrected chi connectivity index (χ2v) is 12.8. The van der Waals surface area contributed by atoms with E-state index in [1.54, 1.807) is 0 Å². The summed E-state index contributed by atoms with van der Waals surface area (Å²) < 4.78 is 11.1. The zero-order chi connectivity index (χ0) is 24.7. The van der Waals surface area contributed by atoms with Crippen LogP contribution < -0.4 is 0 Å². The van der Waals surface area contributed by atoms with Crippen molar-refractivity contribution in [3.05, 3.63) is 35.6 Å². The lowest BCUT2D eigenvalue weighted by atomic mass is 9.61. The number of methoxy groups -OCH3 is 2. The summed E-state index contributed by atoms with van der Waals surface area (Å²) in [6, 6.07) is 0. The van der Waals surface area contributed by atoms with E-state index < -0.39 is 0 Å². The minimum atomic E-state index is -0.358. The maximum Gasteiger partial charge on any atom is 0.312 e. The SMILES string of the molecule is COC(=O)C1C=CC(C2=C(O)C(C)C(C(C)(CC3CC4CC(C)CC(Cl)(C4)C3)OC)C=C2)CC1. The number of halogens is 1. The third-order valence-electron chi connectivity index (χ3n) is 9.31. The number of rotatable bonds is 6. The summed E-state index contributed by atoms with van der Waals surface area (Å²) >= 11 is 7.11. The highest BCUT2D eigenvalue weighted by molar-refractivity contribution is 6.24. The summed E-state index contributed by atoms with van der Waals surface area (Å²) in [4.78, 5) is 11.8. The van der Waals surface area contributed by atoms with Crippen LogP contribution in [0.3, 0.4) is 0 Å². The molecule has 0 aromatic carbocycles. The van der Waals surface area contributed by atoms with Gasteiger partial charge in [0.15, 0.2) is 0 Å². The summed E-state index contributed by atoms with van der Waals surface area (Å²) in [5, 5.41) is 11.3. The van der Waals surface area contributed by atoms with Gasteiger partial charge in [0.1, 0.15) is 0 Å². The summed E-state index contributed by atoms with van der Waals surface area (Å²) in [5.41, 5.74) is 0.617. The van der Waals surface area contributed by atoms with Crippen molar-refractivity contribution in [2.45, 2.75) is 82.6 Å². The standard InChI is InChI=1S/C29H43ClO4/c1-18-12-20-13-21(17-29(30,14-18)16-20)15-28(3,34-5)25-11-10-24(26(31)19(25)2)22-6-8-23(9-7-22)27(32)33-4/h6,8,10-11,18-23,25,31H,7,9,12-17H2,1-5H3. The first-order valence-electron chi connectivity index (χ1n) is 13.2. The normalized spacial score (nSPS) is 41.8. The Kier molecular flexibility index (Phi) is 7.60. The van der Waals surface area contributed by atoms with E-state index in [1.807, 2.05) is 13.2 Å². The molecule has 9 unspecified atom stereocenters. The zero-order valence-electron chi connectivity index (χ0n) is 21.6. The average Bonchev–Trinajstić information content (AvgIpc) is 2.78. The zero-order valence-corrected chi connectivity index (χ0v) is 22.3. The van der Waals surface area contributed by atoms with Gasteiger partial charge in [-0.15, -0.1) is 11.6 Å². The van der Waals surface area contributed by atoms with Crippen molar-refractivity contribution in [1.29, 1.82) is 0 Å². The molecule has 2 bridgehead atoms. The Hall–Kier alpha value is -1.26. The van der Waals surface area contributed by atoms with Crippen molar-refractivity contribution in [2.75, 3.05) is 14.2 Å². The first kappa shape index (κ1) is 25.8. The van der Waals surface area contributed by atoms with Crippen LogP contribution in [0.5, 0.6) is 0 Å². The van der Waals surface area contributed by atoms with Crippen LogP contribution in [-0.4, -0.2) is 35.8 Å². The Morgan fingerprint density at radius 1 is 1.15 bits per heavy atom. The minimum absolute atomic E-state index is 0.0234. The number of esters is 1. The first-order chi connectivity index (χ1) is 16.1. The second-order valence-electron chi connectivity index (χ2n) is 12.0. The Morgan fingerprint density at radius 2 is 1.91 bits per heavy atom. The number of carbonyl (C=O) groups excluding carboxylic acids is 1. The smallest absolute Gasteiger partial charge is 0.312 e. The molecule has 0 aromatic heterocycles. The highest BCUT2D eigenvalue weighted by Crippen LogP contribution is 2.53. The topological polar surface area (TPSA) is 55.8 Å². The van der Waals surface area contributed by atoms with Gasteiger partial charge in [-0.3, -0.25) is 4.79 Å². The summed E-state index contributed by atoms with van der Waals surface area (Å²) in [5.74, 6) is 2.32. The van der Waals surface area contributed by atoms with Crippen LogP contribution in [0.2, 0.25) is 0 Å². The van der Waals surface area contributed by atoms with E-state index in [9.17, 15) is 9.90 Å². The van der Waals surface area contributed by atoms with Crippen molar-refractivity contribution < 1.29 is 19.4 Å². The van der Waals surface area contributed by atoms with Crippen molar-refractivity contribution in [1.82, 2.24) is 0 Å². The number of hydrogen-bond acceptors (Lipinski definition) is 4. The Bertz CT molecular complexity index is 858. The first-order valence-corrected chi connectivity index (χ1v) is 13.6. The molecule has 0 spiro atoms. The number of alkyl halides is 1. The molecule has 9 atom stereocenters. The van der Waals surface area contributed by atoms with Crippen LogP contribution in [0.1, 0.15) is 72.1 Å². The lowest BCUT2D eigenvalue weighted by molar-refractivity contribution is -0.144. The lowest BCUT2D eigenvalue weighted by Gasteiger charge is -2.50. The van der Waals surface area contributed by atoms with Crippen LogP contribution >= 0.6 is 11.6 Å². The largest absolute Gasteiger partial charge is 0.512 e. The van der Waals surface area contributed by atoms with Gasteiger partial charge in [0, 0.05) is 29.7 Å². The van der Waals surface area contributed by atoms with E-state index in [0.29, 0.717) is 11.7 Å². The van der Waals surface area contributed by atoms with Crippen LogP contribution in [0, 0.1) is 41.4 Å². The molecule has 4 rings (SSSR count). The molecule has 2 saturated carbocycles. The molecule has 0 aliphatic heterocycles. The maximum atomic E-state index is 11.8. The molecule has 0 heterocycles. The maximum absolute atomic E-state index is 11.8. The molecule has 0 saturated heterocycles. The molecule has 0 amide bonds. The molecule has 34 heavy (non-hydrogen) atoms. The van der Waals surface area contributed by atoms with E-state index >= 15 is 0 Å². The number of ether oxygens (including phenoxy) is 2. The van der Waals surface area contributed by atoms with Crippen LogP contribution in [0.4, 0.5) is 0 Å². The molecule has 0 radical (unpaired) electrons. The number of carbonyl (C=O) groups is 1. The molecule has 190 valence electrons. The van der Waals surface area contributed by atoms with Crippen LogP contribution in [0.15, 0.2) is 35.6 Å². The Morgan fingerprint density at radius 3 is 2.53 bits per heavy atom. The fourth-order valence-corrected chi connectivity index (χ4v) is 8.53. The van der Waals surface area contributed by atoms with E-state index in [4.69, 9.17) is 21.1 Å². The predicted molar refractivity (Wildman–Crippen MR) is 137 cm³/mol. The lowest BCUT2D eigenvalue weighted by Crippen LogP contribution is -2.46. The minimum Gasteiger partial charge on any atom is -0.512 e. The summed E-state index contributed by atoms with van der Waals surface area (Å²) in [6.07, 6.45) is 16.8. The van der Waals surface area contributed by atoms with Crippen LogP contribution in [-0.2, 0) is 14.3 Å². The van der Waals surface area contributed by atoms with Gasteiger partial charge in [0.2, 0.25) is 0 Å². The molecule has 4 aliphatic rings. The number of aliphatic hydroxyl groups is 1. The molecule has 5 heteroatoms. The summed E-state index contributed by atoms with van der Waals surface area (Å²) in [7, 11) is 3.25. The summed E-state index contributed by atoms with van der Waals surface area (Å²) in [6.45, 7) is 6.68. The van der Waals surface area contributed by atoms with E-state index in [-0.39, 0.29) is 40.1 Å². The number of fused-ring (bicyclic) bond motifs is 2. The molecule has 0 aromatic rings. The molecular weight excluding hydrogens is 448 g/mol. The highest BCUT2D eigenvalue weighted by Gasteiger charge is 2.48. The van der Waals surface area contributed by atoms with Crippen molar-refractivity contribution in [3.8, 4) is 0 Å². The molecule has 2 fully saturated rings.